The maximum atomic E-state index is 13.2. The van der Waals surface area contributed by atoms with Crippen LogP contribution in [0.4, 0.5) is 8.78 Å². The molecule has 1 aromatic rings. The lowest BCUT2D eigenvalue weighted by Crippen LogP contribution is -2.33. The summed E-state index contributed by atoms with van der Waals surface area (Å²) in [7, 11) is 0. The molecule has 1 rings (SSSR count). The molecule has 0 aromatic heterocycles. The molecule has 1 N–H and O–H groups in total. The number of nitrogens with zero attached hydrogens (tertiary/aromatic N) is 1. The number of rotatable bonds is 6. The van der Waals surface area contributed by atoms with Crippen LogP contribution in [0.15, 0.2) is 18.2 Å². The van der Waals surface area contributed by atoms with E-state index >= 15 is 0 Å². The Balaban J connectivity index is 2.54. The molecule has 1 unspecified atom stereocenters. The molecule has 0 saturated carbocycles. The number of halogens is 2. The molecule has 1 atom stereocenters. The van der Waals surface area contributed by atoms with Gasteiger partial charge in [0.25, 0.3) is 0 Å². The van der Waals surface area contributed by atoms with Gasteiger partial charge in [0, 0.05) is 0 Å². The maximum Gasteiger partial charge on any atom is 0.200 e. The van der Waals surface area contributed by atoms with Crippen LogP contribution in [-0.2, 0) is 0 Å². The summed E-state index contributed by atoms with van der Waals surface area (Å²) in [5.41, 5.74) is 0. The molecule has 3 nitrogen and oxygen atoms in total. The third kappa shape index (κ3) is 4.00. The molecule has 0 aliphatic rings. The third-order valence-corrected chi connectivity index (χ3v) is 2.12. The number of hydrogen-bond acceptors (Lipinski definition) is 3. The Labute approximate surface area is 99.0 Å². The normalized spacial score (nSPS) is 11.9. The lowest BCUT2D eigenvalue weighted by atomic mass is 10.3. The van der Waals surface area contributed by atoms with Gasteiger partial charge in [0.2, 0.25) is 5.82 Å². The molecule has 0 aliphatic heterocycles. The van der Waals surface area contributed by atoms with Crippen LogP contribution in [-0.4, -0.2) is 19.2 Å². The van der Waals surface area contributed by atoms with Crippen LogP contribution in [0.2, 0.25) is 0 Å². The monoisotopic (exact) mass is 240 g/mol. The molecule has 0 radical (unpaired) electrons. The Kier molecular flexibility index (Phi) is 5.37. The van der Waals surface area contributed by atoms with Gasteiger partial charge < -0.3 is 4.74 Å². The Bertz CT molecular complexity index is 404. The molecule has 0 fully saturated rings. The molecule has 92 valence electrons. The summed E-state index contributed by atoms with van der Waals surface area (Å²) in [6, 6.07) is 5.15. The highest BCUT2D eigenvalue weighted by atomic mass is 19.2. The average molecular weight is 240 g/mol. The average Bonchev–Trinajstić information content (AvgIpc) is 2.34. The van der Waals surface area contributed by atoms with Crippen molar-refractivity contribution in [1.82, 2.24) is 5.32 Å². The third-order valence-electron chi connectivity index (χ3n) is 2.12. The zero-order chi connectivity index (χ0) is 12.7. The van der Waals surface area contributed by atoms with E-state index in [1.165, 1.54) is 12.1 Å². The summed E-state index contributed by atoms with van der Waals surface area (Å²) in [6.45, 7) is 2.62. The second kappa shape index (κ2) is 6.81. The number of benzene rings is 1. The highest BCUT2D eigenvalue weighted by molar-refractivity contribution is 5.25. The molecule has 17 heavy (non-hydrogen) atoms. The van der Waals surface area contributed by atoms with Crippen LogP contribution in [0.3, 0.4) is 0 Å². The molecule has 0 spiro atoms. The standard InChI is InChI=1S/C12H14F2N2O/c1-2-6-16-9(7-15)8-17-11-5-3-4-10(13)12(11)14/h3-5,9,16H,2,6,8H2,1H3. The van der Waals surface area contributed by atoms with E-state index in [1.54, 1.807) is 0 Å². The minimum absolute atomic E-state index is 0.0170. The molecular formula is C12H14F2N2O. The van der Waals surface area contributed by atoms with Crippen LogP contribution < -0.4 is 10.1 Å². The predicted octanol–water partition coefficient (Wildman–Crippen LogP) is 2.24. The van der Waals surface area contributed by atoms with Crippen LogP contribution in [0.25, 0.3) is 0 Å². The van der Waals surface area contributed by atoms with Gasteiger partial charge in [-0.3, -0.25) is 5.32 Å². The van der Waals surface area contributed by atoms with E-state index in [0.29, 0.717) is 6.54 Å². The fourth-order valence-corrected chi connectivity index (χ4v) is 1.23. The summed E-state index contributed by atoms with van der Waals surface area (Å²) >= 11 is 0. The van der Waals surface area contributed by atoms with Gasteiger partial charge in [0.15, 0.2) is 11.6 Å². The van der Waals surface area contributed by atoms with E-state index in [4.69, 9.17) is 10.00 Å². The minimum atomic E-state index is -1.03. The molecule has 0 aliphatic carbocycles. The van der Waals surface area contributed by atoms with E-state index in [1.807, 2.05) is 13.0 Å². The molecule has 0 amide bonds. The first-order chi connectivity index (χ1) is 8.19. The molecule has 0 saturated heterocycles. The van der Waals surface area contributed by atoms with Crippen molar-refractivity contribution in [3.63, 3.8) is 0 Å². The quantitative estimate of drug-likeness (QED) is 0.829. The van der Waals surface area contributed by atoms with Crippen LogP contribution in [0.5, 0.6) is 5.75 Å². The van der Waals surface area contributed by atoms with Crippen molar-refractivity contribution >= 4 is 0 Å². The zero-order valence-electron chi connectivity index (χ0n) is 9.54. The Morgan fingerprint density at radius 3 is 2.88 bits per heavy atom. The van der Waals surface area contributed by atoms with Gasteiger partial charge >= 0.3 is 0 Å². The van der Waals surface area contributed by atoms with Crippen molar-refractivity contribution in [3.8, 4) is 11.8 Å². The maximum absolute atomic E-state index is 13.2. The molecule has 1 aromatic carbocycles. The molecular weight excluding hydrogens is 226 g/mol. The molecule has 0 heterocycles. The predicted molar refractivity (Wildman–Crippen MR) is 59.5 cm³/mol. The first-order valence-corrected chi connectivity index (χ1v) is 5.38. The van der Waals surface area contributed by atoms with Gasteiger partial charge in [-0.15, -0.1) is 0 Å². The van der Waals surface area contributed by atoms with E-state index < -0.39 is 17.7 Å². The first kappa shape index (κ1) is 13.4. The summed E-state index contributed by atoms with van der Waals surface area (Å²) in [5.74, 6) is -2.17. The molecule has 5 heteroatoms. The Hall–Kier alpha value is -1.67. The van der Waals surface area contributed by atoms with E-state index in [2.05, 4.69) is 5.32 Å². The van der Waals surface area contributed by atoms with Crippen molar-refractivity contribution in [1.29, 1.82) is 5.26 Å². The fourth-order valence-electron chi connectivity index (χ4n) is 1.23. The van der Waals surface area contributed by atoms with Crippen molar-refractivity contribution in [2.75, 3.05) is 13.2 Å². The molecule has 0 bridgehead atoms. The van der Waals surface area contributed by atoms with Crippen molar-refractivity contribution < 1.29 is 13.5 Å². The first-order valence-electron chi connectivity index (χ1n) is 5.38. The van der Waals surface area contributed by atoms with Gasteiger partial charge in [-0.1, -0.05) is 13.0 Å². The minimum Gasteiger partial charge on any atom is -0.488 e. The van der Waals surface area contributed by atoms with Crippen molar-refractivity contribution in [3.05, 3.63) is 29.8 Å². The topological polar surface area (TPSA) is 45.0 Å². The van der Waals surface area contributed by atoms with Crippen molar-refractivity contribution in [2.24, 2.45) is 0 Å². The smallest absolute Gasteiger partial charge is 0.200 e. The number of nitrogens with one attached hydrogen (secondary N) is 1. The van der Waals surface area contributed by atoms with E-state index in [9.17, 15) is 8.78 Å². The van der Waals surface area contributed by atoms with Gasteiger partial charge in [0.1, 0.15) is 12.6 Å². The van der Waals surface area contributed by atoms with Crippen LogP contribution in [0, 0.1) is 23.0 Å². The van der Waals surface area contributed by atoms with E-state index in [-0.39, 0.29) is 12.4 Å². The summed E-state index contributed by atoms with van der Waals surface area (Å²) in [5, 5.41) is 11.7. The second-order valence-corrected chi connectivity index (χ2v) is 3.50. The van der Waals surface area contributed by atoms with E-state index in [0.717, 1.165) is 12.5 Å². The Morgan fingerprint density at radius 2 is 2.24 bits per heavy atom. The summed E-state index contributed by atoms with van der Waals surface area (Å²) in [4.78, 5) is 0. The zero-order valence-corrected chi connectivity index (χ0v) is 9.54. The number of hydrogen-bond donors (Lipinski definition) is 1. The highest BCUT2D eigenvalue weighted by Crippen LogP contribution is 2.19. The van der Waals surface area contributed by atoms with Crippen molar-refractivity contribution in [2.45, 2.75) is 19.4 Å². The number of ether oxygens (including phenoxy) is 1. The van der Waals surface area contributed by atoms with Crippen LogP contribution in [0.1, 0.15) is 13.3 Å². The van der Waals surface area contributed by atoms with Gasteiger partial charge in [-0.05, 0) is 25.1 Å². The lowest BCUT2D eigenvalue weighted by Gasteiger charge is -2.12. The Morgan fingerprint density at radius 1 is 1.47 bits per heavy atom. The SMILES string of the molecule is CCCNC(C#N)COc1cccc(F)c1F. The lowest BCUT2D eigenvalue weighted by molar-refractivity contribution is 0.272. The summed E-state index contributed by atoms with van der Waals surface area (Å²) < 4.78 is 31.1. The number of nitriles is 1. The van der Waals surface area contributed by atoms with Gasteiger partial charge in [0.05, 0.1) is 6.07 Å². The fraction of sp³-hybridized carbons (Fsp3) is 0.417. The largest absolute Gasteiger partial charge is 0.488 e. The van der Waals surface area contributed by atoms with Crippen LogP contribution >= 0.6 is 0 Å². The van der Waals surface area contributed by atoms with Gasteiger partial charge in [-0.2, -0.15) is 9.65 Å². The summed E-state index contributed by atoms with van der Waals surface area (Å²) in [6.07, 6.45) is 0.881. The second-order valence-electron chi connectivity index (χ2n) is 3.50. The van der Waals surface area contributed by atoms with Gasteiger partial charge in [-0.25, -0.2) is 4.39 Å². The highest BCUT2D eigenvalue weighted by Gasteiger charge is 2.11.